The third-order valence-electron chi connectivity index (χ3n) is 4.99. The second-order valence-electron chi connectivity index (χ2n) is 7.37. The second kappa shape index (κ2) is 7.87. The summed E-state index contributed by atoms with van der Waals surface area (Å²) in [4.78, 5) is 41.2. The third kappa shape index (κ3) is 4.34. The number of nitrogens with zero attached hydrogens (tertiary/aromatic N) is 2. The van der Waals surface area contributed by atoms with Gasteiger partial charge in [0.05, 0.1) is 17.2 Å². The zero-order valence-electron chi connectivity index (χ0n) is 16.1. The summed E-state index contributed by atoms with van der Waals surface area (Å²) in [5, 5.41) is 6.24. The number of benzene rings is 2. The summed E-state index contributed by atoms with van der Waals surface area (Å²) in [6.45, 7) is 2.11. The predicted molar refractivity (Wildman–Crippen MR) is 110 cm³/mol. The van der Waals surface area contributed by atoms with Gasteiger partial charge in [-0.3, -0.25) is 19.0 Å². The van der Waals surface area contributed by atoms with E-state index in [1.165, 1.54) is 10.9 Å². The number of hydrogen-bond donors (Lipinski definition) is 2. The van der Waals surface area contributed by atoms with Crippen LogP contribution in [0.5, 0.6) is 0 Å². The minimum absolute atomic E-state index is 0.0681. The molecule has 0 unspecified atom stereocenters. The number of carbonyl (C=O) groups is 2. The molecule has 1 heterocycles. The van der Waals surface area contributed by atoms with E-state index in [-0.39, 0.29) is 23.9 Å². The molecule has 0 saturated heterocycles. The van der Waals surface area contributed by atoms with E-state index in [1.54, 1.807) is 24.3 Å². The lowest BCUT2D eigenvalue weighted by atomic mass is 10.1. The molecular formula is C22H22N4O3. The molecule has 0 spiro atoms. The molecule has 3 aromatic rings. The van der Waals surface area contributed by atoms with Gasteiger partial charge in [-0.25, -0.2) is 4.98 Å². The van der Waals surface area contributed by atoms with Gasteiger partial charge in [0.15, 0.2) is 0 Å². The van der Waals surface area contributed by atoms with Gasteiger partial charge in [-0.1, -0.05) is 24.3 Å². The van der Waals surface area contributed by atoms with Crippen LogP contribution in [0.15, 0.2) is 53.6 Å². The number of aryl methyl sites for hydroxylation is 1. The molecular weight excluding hydrogens is 368 g/mol. The van der Waals surface area contributed by atoms with Crippen molar-refractivity contribution in [3.8, 4) is 0 Å². The molecule has 2 aromatic carbocycles. The lowest BCUT2D eigenvalue weighted by Gasteiger charge is -2.09. The van der Waals surface area contributed by atoms with Crippen LogP contribution >= 0.6 is 0 Å². The van der Waals surface area contributed by atoms with Crippen molar-refractivity contribution >= 4 is 22.7 Å². The highest BCUT2D eigenvalue weighted by Crippen LogP contribution is 2.19. The van der Waals surface area contributed by atoms with E-state index < -0.39 is 0 Å². The summed E-state index contributed by atoms with van der Waals surface area (Å²) in [5.74, 6) is -0.349. The number of aromatic nitrogens is 2. The molecule has 7 heteroatoms. The fourth-order valence-electron chi connectivity index (χ4n) is 3.13. The van der Waals surface area contributed by atoms with Crippen LogP contribution in [0.4, 0.5) is 0 Å². The normalized spacial score (nSPS) is 13.3. The average Bonchev–Trinajstić information content (AvgIpc) is 3.53. The first kappa shape index (κ1) is 18.9. The first-order chi connectivity index (χ1) is 14.0. The number of carbonyl (C=O) groups excluding carboxylic acids is 2. The maximum Gasteiger partial charge on any atom is 0.261 e. The highest BCUT2D eigenvalue weighted by Gasteiger charge is 2.23. The van der Waals surface area contributed by atoms with Gasteiger partial charge in [0.25, 0.3) is 11.5 Å². The minimum Gasteiger partial charge on any atom is -0.350 e. The summed E-state index contributed by atoms with van der Waals surface area (Å²) >= 11 is 0. The monoisotopic (exact) mass is 390 g/mol. The van der Waals surface area contributed by atoms with Crippen molar-refractivity contribution < 1.29 is 9.59 Å². The van der Waals surface area contributed by atoms with Crippen LogP contribution in [0.2, 0.25) is 0 Å². The van der Waals surface area contributed by atoms with Crippen LogP contribution in [0.1, 0.15) is 34.3 Å². The molecule has 29 heavy (non-hydrogen) atoms. The van der Waals surface area contributed by atoms with E-state index in [2.05, 4.69) is 15.6 Å². The number of rotatable bonds is 6. The van der Waals surface area contributed by atoms with Crippen LogP contribution < -0.4 is 16.2 Å². The van der Waals surface area contributed by atoms with Gasteiger partial charge < -0.3 is 10.6 Å². The molecule has 4 rings (SSSR count). The van der Waals surface area contributed by atoms with E-state index >= 15 is 0 Å². The van der Waals surface area contributed by atoms with Gasteiger partial charge >= 0.3 is 0 Å². The Kier molecular flexibility index (Phi) is 5.12. The first-order valence-corrected chi connectivity index (χ1v) is 9.62. The molecule has 0 atom stereocenters. The van der Waals surface area contributed by atoms with Gasteiger partial charge in [0.2, 0.25) is 5.91 Å². The van der Waals surface area contributed by atoms with E-state index in [4.69, 9.17) is 0 Å². The minimum atomic E-state index is -0.281. The lowest BCUT2D eigenvalue weighted by Crippen LogP contribution is -2.32. The van der Waals surface area contributed by atoms with Crippen molar-refractivity contribution in [1.29, 1.82) is 0 Å². The van der Waals surface area contributed by atoms with Crippen molar-refractivity contribution in [3.05, 3.63) is 75.8 Å². The van der Waals surface area contributed by atoms with Gasteiger partial charge in [-0.05, 0) is 49.1 Å². The molecule has 7 nitrogen and oxygen atoms in total. The molecule has 2 amide bonds. The Labute approximate surface area is 167 Å². The number of fused-ring (bicyclic) bond motifs is 1. The summed E-state index contributed by atoms with van der Waals surface area (Å²) in [6, 6.07) is 12.9. The van der Waals surface area contributed by atoms with Crippen molar-refractivity contribution in [3.63, 3.8) is 0 Å². The summed E-state index contributed by atoms with van der Waals surface area (Å²) in [6.07, 6.45) is 3.50. The molecule has 2 N–H and O–H groups in total. The quantitative estimate of drug-likeness (QED) is 0.672. The largest absolute Gasteiger partial charge is 0.350 e. The van der Waals surface area contributed by atoms with Crippen LogP contribution in [0.3, 0.4) is 0 Å². The second-order valence-corrected chi connectivity index (χ2v) is 7.37. The summed E-state index contributed by atoms with van der Waals surface area (Å²) in [7, 11) is 0. The fourth-order valence-corrected chi connectivity index (χ4v) is 3.13. The molecule has 1 aromatic heterocycles. The molecule has 148 valence electrons. The van der Waals surface area contributed by atoms with Gasteiger partial charge in [0.1, 0.15) is 6.54 Å². The molecule has 0 bridgehead atoms. The van der Waals surface area contributed by atoms with Gasteiger partial charge in [-0.15, -0.1) is 0 Å². The zero-order chi connectivity index (χ0) is 20.4. The van der Waals surface area contributed by atoms with Gasteiger partial charge in [-0.2, -0.15) is 0 Å². The Bertz CT molecular complexity index is 1130. The zero-order valence-corrected chi connectivity index (χ0v) is 16.1. The molecule has 0 aliphatic heterocycles. The van der Waals surface area contributed by atoms with E-state index in [0.29, 0.717) is 29.1 Å². The van der Waals surface area contributed by atoms with Crippen LogP contribution in [-0.2, 0) is 17.9 Å². The standard InChI is InChI=1S/C22H22N4O3/c1-14-3-2-4-18-20(14)24-13-26(22(18)29)12-19(27)23-11-15-5-7-16(8-6-15)21(28)25-17-9-10-17/h2-8,13,17H,9-12H2,1H3,(H,23,27)(H,25,28). The van der Waals surface area contributed by atoms with Crippen LogP contribution in [-0.4, -0.2) is 27.4 Å². The Hall–Kier alpha value is -3.48. The number of para-hydroxylation sites is 1. The number of amides is 2. The van der Waals surface area contributed by atoms with E-state index in [1.807, 2.05) is 25.1 Å². The highest BCUT2D eigenvalue weighted by molar-refractivity contribution is 5.94. The molecule has 1 aliphatic carbocycles. The Morgan fingerprint density at radius 2 is 1.90 bits per heavy atom. The third-order valence-corrected chi connectivity index (χ3v) is 4.99. The number of hydrogen-bond acceptors (Lipinski definition) is 4. The Morgan fingerprint density at radius 1 is 1.14 bits per heavy atom. The molecule has 1 fully saturated rings. The smallest absolute Gasteiger partial charge is 0.261 e. The van der Waals surface area contributed by atoms with Crippen LogP contribution in [0.25, 0.3) is 10.9 Å². The van der Waals surface area contributed by atoms with Crippen molar-refractivity contribution in [2.24, 2.45) is 0 Å². The highest BCUT2D eigenvalue weighted by atomic mass is 16.2. The SMILES string of the molecule is Cc1cccc2c(=O)n(CC(=O)NCc3ccc(C(=O)NC4CC4)cc3)cnc12. The topological polar surface area (TPSA) is 93.1 Å². The lowest BCUT2D eigenvalue weighted by molar-refractivity contribution is -0.121. The fraction of sp³-hybridized carbons (Fsp3) is 0.273. The summed E-state index contributed by atoms with van der Waals surface area (Å²) < 4.78 is 1.31. The number of nitrogens with one attached hydrogen (secondary N) is 2. The Balaban J connectivity index is 1.36. The van der Waals surface area contributed by atoms with E-state index in [9.17, 15) is 14.4 Å². The van der Waals surface area contributed by atoms with Crippen molar-refractivity contribution in [2.45, 2.75) is 38.9 Å². The van der Waals surface area contributed by atoms with Gasteiger partial charge in [0, 0.05) is 18.2 Å². The Morgan fingerprint density at radius 3 is 2.62 bits per heavy atom. The van der Waals surface area contributed by atoms with Crippen LogP contribution in [0, 0.1) is 6.92 Å². The summed E-state index contributed by atoms with van der Waals surface area (Å²) in [5.41, 5.74) is 2.82. The van der Waals surface area contributed by atoms with E-state index in [0.717, 1.165) is 24.0 Å². The molecule has 1 saturated carbocycles. The van der Waals surface area contributed by atoms with Crippen molar-refractivity contribution in [2.75, 3.05) is 0 Å². The predicted octanol–water partition coefficient (Wildman–Crippen LogP) is 1.91. The molecule has 1 aliphatic rings. The maximum atomic E-state index is 12.6. The average molecular weight is 390 g/mol. The molecule has 0 radical (unpaired) electrons. The van der Waals surface area contributed by atoms with Crippen molar-refractivity contribution in [1.82, 2.24) is 20.2 Å². The maximum absolute atomic E-state index is 12.6. The first-order valence-electron chi connectivity index (χ1n) is 9.62.